The van der Waals surface area contributed by atoms with Gasteiger partial charge in [-0.3, -0.25) is 0 Å². The minimum atomic E-state index is -3.71. The predicted molar refractivity (Wildman–Crippen MR) is 75.0 cm³/mol. The van der Waals surface area contributed by atoms with Crippen molar-refractivity contribution >= 4 is 10.0 Å². The van der Waals surface area contributed by atoms with E-state index in [1.165, 1.54) is 13.1 Å². The maximum Gasteiger partial charge on any atom is 0.244 e. The smallest absolute Gasteiger partial charge is 0.244 e. The van der Waals surface area contributed by atoms with Crippen LogP contribution in [0.4, 0.5) is 0 Å². The predicted octanol–water partition coefficient (Wildman–Crippen LogP) is 0.811. The summed E-state index contributed by atoms with van der Waals surface area (Å²) in [5.74, 6) is 4.66. The van der Waals surface area contributed by atoms with E-state index in [0.717, 1.165) is 4.31 Å². The van der Waals surface area contributed by atoms with Crippen LogP contribution in [0.5, 0.6) is 0 Å². The van der Waals surface area contributed by atoms with Gasteiger partial charge in [-0.15, -0.1) is 0 Å². The van der Waals surface area contributed by atoms with E-state index in [-0.39, 0.29) is 18.0 Å². The van der Waals surface area contributed by atoms with Crippen LogP contribution < -0.4 is 0 Å². The zero-order valence-electron chi connectivity index (χ0n) is 11.4. The van der Waals surface area contributed by atoms with Crippen LogP contribution in [0.2, 0.25) is 0 Å². The second kappa shape index (κ2) is 7.06. The van der Waals surface area contributed by atoms with Crippen LogP contribution in [-0.2, 0) is 10.0 Å². The van der Waals surface area contributed by atoms with Crippen molar-refractivity contribution in [2.24, 2.45) is 5.92 Å². The van der Waals surface area contributed by atoms with Crippen molar-refractivity contribution in [2.75, 3.05) is 20.2 Å². The van der Waals surface area contributed by atoms with Gasteiger partial charge in [0.1, 0.15) is 6.61 Å². The van der Waals surface area contributed by atoms with Gasteiger partial charge in [-0.1, -0.05) is 24.0 Å². The number of aliphatic hydroxyl groups excluding tert-OH is 1. The lowest BCUT2D eigenvalue weighted by molar-refractivity contribution is 0.350. The minimum absolute atomic E-state index is 0.0774. The van der Waals surface area contributed by atoms with Gasteiger partial charge in [0.25, 0.3) is 0 Å². The molecular weight excluding hydrogens is 276 g/mol. The summed E-state index contributed by atoms with van der Waals surface area (Å²) in [5, 5.41) is 17.5. The molecule has 1 aromatic carbocycles. The molecule has 0 aliphatic carbocycles. The van der Waals surface area contributed by atoms with Gasteiger partial charge in [0, 0.05) is 19.2 Å². The summed E-state index contributed by atoms with van der Waals surface area (Å²) < 4.78 is 26.0. The van der Waals surface area contributed by atoms with Crippen molar-refractivity contribution in [3.05, 3.63) is 29.8 Å². The van der Waals surface area contributed by atoms with E-state index in [4.69, 9.17) is 10.4 Å². The van der Waals surface area contributed by atoms with E-state index in [0.29, 0.717) is 5.56 Å². The van der Waals surface area contributed by atoms with Crippen molar-refractivity contribution in [3.63, 3.8) is 0 Å². The lowest BCUT2D eigenvalue weighted by Crippen LogP contribution is -2.31. The molecule has 0 aliphatic heterocycles. The molecule has 0 fully saturated rings. The topological polar surface area (TPSA) is 81.4 Å². The zero-order chi connectivity index (χ0) is 15.2. The molecule has 0 amide bonds. The van der Waals surface area contributed by atoms with Crippen LogP contribution in [0.1, 0.15) is 12.5 Å². The molecule has 0 bridgehead atoms. The molecule has 0 spiro atoms. The van der Waals surface area contributed by atoms with Gasteiger partial charge in [0.05, 0.1) is 16.9 Å². The molecule has 20 heavy (non-hydrogen) atoms. The summed E-state index contributed by atoms with van der Waals surface area (Å²) in [7, 11) is -2.28. The van der Waals surface area contributed by atoms with Crippen LogP contribution in [0.15, 0.2) is 29.2 Å². The Morgan fingerprint density at radius 1 is 1.40 bits per heavy atom. The largest absolute Gasteiger partial charge is 0.384 e. The highest BCUT2D eigenvalue weighted by Crippen LogP contribution is 2.19. The minimum Gasteiger partial charge on any atom is -0.384 e. The lowest BCUT2D eigenvalue weighted by Gasteiger charge is -2.19. The van der Waals surface area contributed by atoms with E-state index in [1.54, 1.807) is 25.1 Å². The van der Waals surface area contributed by atoms with Crippen LogP contribution in [0.3, 0.4) is 0 Å². The van der Waals surface area contributed by atoms with Crippen molar-refractivity contribution in [1.82, 2.24) is 4.31 Å². The summed E-state index contributed by atoms with van der Waals surface area (Å²) >= 11 is 0. The molecule has 5 nitrogen and oxygen atoms in total. The number of nitriles is 1. The fourth-order valence-corrected chi connectivity index (χ4v) is 3.03. The zero-order valence-corrected chi connectivity index (χ0v) is 12.2. The Labute approximate surface area is 119 Å². The van der Waals surface area contributed by atoms with Crippen LogP contribution in [0, 0.1) is 29.1 Å². The highest BCUT2D eigenvalue weighted by atomic mass is 32.2. The first-order valence-corrected chi connectivity index (χ1v) is 7.42. The highest BCUT2D eigenvalue weighted by molar-refractivity contribution is 7.89. The first kappa shape index (κ1) is 16.2. The lowest BCUT2D eigenvalue weighted by atomic mass is 10.2. The van der Waals surface area contributed by atoms with Gasteiger partial charge >= 0.3 is 0 Å². The average Bonchev–Trinajstić information content (AvgIpc) is 2.45. The Hall–Kier alpha value is -1.86. The standard InChI is InChI=1S/C14H16N2O3S/c1-12(10-15)11-16(2)20(18,19)14-8-4-3-6-13(14)7-5-9-17/h3-4,6,8,12,17H,9,11H2,1-2H3. The summed E-state index contributed by atoms with van der Waals surface area (Å²) in [6.07, 6.45) is 0. The number of sulfonamides is 1. The third kappa shape index (κ3) is 3.82. The van der Waals surface area contributed by atoms with Crippen molar-refractivity contribution in [1.29, 1.82) is 5.26 Å². The number of rotatable bonds is 4. The summed E-state index contributed by atoms with van der Waals surface area (Å²) in [5.41, 5.74) is 0.331. The second-order valence-electron chi connectivity index (χ2n) is 4.27. The normalized spacial score (nSPS) is 12.3. The third-order valence-corrected chi connectivity index (χ3v) is 4.51. The molecule has 0 saturated heterocycles. The first-order valence-electron chi connectivity index (χ1n) is 5.98. The van der Waals surface area contributed by atoms with Gasteiger partial charge in [0.2, 0.25) is 10.0 Å². The van der Waals surface area contributed by atoms with Crippen molar-refractivity contribution in [2.45, 2.75) is 11.8 Å². The van der Waals surface area contributed by atoms with Crippen molar-refractivity contribution < 1.29 is 13.5 Å². The molecule has 0 saturated carbocycles. The van der Waals surface area contributed by atoms with E-state index < -0.39 is 15.9 Å². The molecule has 1 unspecified atom stereocenters. The Morgan fingerprint density at radius 2 is 2.05 bits per heavy atom. The molecule has 1 atom stereocenters. The molecule has 106 valence electrons. The molecule has 0 radical (unpaired) electrons. The number of hydrogen-bond donors (Lipinski definition) is 1. The quantitative estimate of drug-likeness (QED) is 0.833. The van der Waals surface area contributed by atoms with Gasteiger partial charge in [-0.05, 0) is 19.1 Å². The van der Waals surface area contributed by atoms with Gasteiger partial charge in [-0.2, -0.15) is 9.57 Å². The van der Waals surface area contributed by atoms with E-state index in [1.807, 2.05) is 6.07 Å². The van der Waals surface area contributed by atoms with Crippen LogP contribution >= 0.6 is 0 Å². The number of aliphatic hydroxyl groups is 1. The number of hydrogen-bond acceptors (Lipinski definition) is 4. The fraction of sp³-hybridized carbons (Fsp3) is 0.357. The van der Waals surface area contributed by atoms with E-state index >= 15 is 0 Å². The Bertz CT molecular complexity index is 666. The average molecular weight is 292 g/mol. The summed E-state index contributed by atoms with van der Waals surface area (Å²) in [6, 6.07) is 8.33. The Kier molecular flexibility index (Phi) is 5.72. The van der Waals surface area contributed by atoms with E-state index in [2.05, 4.69) is 11.8 Å². The molecule has 0 aromatic heterocycles. The fourth-order valence-electron chi connectivity index (χ4n) is 1.62. The molecule has 1 aromatic rings. The second-order valence-corrected chi connectivity index (χ2v) is 6.29. The molecule has 1 rings (SSSR count). The molecule has 6 heteroatoms. The third-order valence-electron chi connectivity index (χ3n) is 2.63. The van der Waals surface area contributed by atoms with Crippen molar-refractivity contribution in [3.8, 4) is 17.9 Å². The Morgan fingerprint density at radius 3 is 2.65 bits per heavy atom. The Balaban J connectivity index is 3.19. The maximum atomic E-state index is 12.5. The number of benzene rings is 1. The number of nitrogens with zero attached hydrogens (tertiary/aromatic N) is 2. The molecule has 0 aliphatic rings. The molecular formula is C14H16N2O3S. The van der Waals surface area contributed by atoms with Crippen LogP contribution in [-0.4, -0.2) is 38.0 Å². The summed E-state index contributed by atoms with van der Waals surface area (Å²) in [4.78, 5) is 0.0774. The van der Waals surface area contributed by atoms with Gasteiger partial charge in [-0.25, -0.2) is 8.42 Å². The molecule has 0 heterocycles. The monoisotopic (exact) mass is 292 g/mol. The highest BCUT2D eigenvalue weighted by Gasteiger charge is 2.24. The van der Waals surface area contributed by atoms with E-state index in [9.17, 15) is 8.42 Å². The molecule has 1 N–H and O–H groups in total. The van der Waals surface area contributed by atoms with Gasteiger partial charge < -0.3 is 5.11 Å². The summed E-state index contributed by atoms with van der Waals surface area (Å²) in [6.45, 7) is 1.43. The van der Waals surface area contributed by atoms with Gasteiger partial charge in [0.15, 0.2) is 0 Å². The first-order chi connectivity index (χ1) is 9.43. The van der Waals surface area contributed by atoms with Crippen LogP contribution in [0.25, 0.3) is 0 Å². The maximum absolute atomic E-state index is 12.5. The SMILES string of the molecule is CC(C#N)CN(C)S(=O)(=O)c1ccccc1C#CCO.